The third-order valence-corrected chi connectivity index (χ3v) is 5.58. The number of nitrogens with one attached hydrogen (secondary N) is 1. The van der Waals surface area contributed by atoms with Gasteiger partial charge < -0.3 is 15.0 Å². The predicted molar refractivity (Wildman–Crippen MR) is 114 cm³/mol. The van der Waals surface area contributed by atoms with Gasteiger partial charge in [0.15, 0.2) is 0 Å². The second-order valence-electron chi connectivity index (χ2n) is 7.52. The van der Waals surface area contributed by atoms with Crippen molar-refractivity contribution in [3.05, 3.63) is 59.2 Å². The number of imide groups is 1. The number of carbonyl (C=O) groups is 4. The van der Waals surface area contributed by atoms with Crippen LogP contribution in [0.5, 0.6) is 0 Å². The van der Waals surface area contributed by atoms with Crippen molar-refractivity contribution >= 4 is 35.1 Å². The van der Waals surface area contributed by atoms with E-state index >= 15 is 0 Å². The zero-order chi connectivity index (χ0) is 22.0. The maximum absolute atomic E-state index is 12.7. The van der Waals surface area contributed by atoms with Crippen LogP contribution in [0.3, 0.4) is 0 Å². The molecule has 1 fully saturated rings. The molecule has 0 radical (unpaired) electrons. The van der Waals surface area contributed by atoms with Crippen LogP contribution >= 0.6 is 0 Å². The van der Waals surface area contributed by atoms with Crippen molar-refractivity contribution in [1.82, 2.24) is 4.90 Å². The summed E-state index contributed by atoms with van der Waals surface area (Å²) in [5.74, 6) is -1.62. The molecular weight excluding hydrogens is 398 g/mol. The largest absolute Gasteiger partial charge is 0.465 e. The Hall–Kier alpha value is -3.68. The molecule has 31 heavy (non-hydrogen) atoms. The minimum Gasteiger partial charge on any atom is -0.465 e. The summed E-state index contributed by atoms with van der Waals surface area (Å²) in [7, 11) is 1.30. The monoisotopic (exact) mass is 421 g/mol. The van der Waals surface area contributed by atoms with Crippen LogP contribution in [0.25, 0.3) is 0 Å². The summed E-state index contributed by atoms with van der Waals surface area (Å²) in [6.07, 6.45) is 2.07. The van der Waals surface area contributed by atoms with Crippen LogP contribution in [0.2, 0.25) is 0 Å². The first-order chi connectivity index (χ1) is 15.0. The number of carbonyl (C=O) groups excluding carboxylic acids is 4. The topological polar surface area (TPSA) is 96.0 Å². The lowest BCUT2D eigenvalue weighted by atomic mass is 10.1. The Morgan fingerprint density at radius 1 is 1.00 bits per heavy atom. The smallest absolute Gasteiger partial charge is 0.337 e. The van der Waals surface area contributed by atoms with Crippen LogP contribution in [-0.2, 0) is 9.53 Å². The average molecular weight is 421 g/mol. The molecule has 0 atom stereocenters. The molecule has 4 rings (SSSR count). The van der Waals surface area contributed by atoms with Crippen molar-refractivity contribution in [3.63, 3.8) is 0 Å². The number of anilines is 2. The highest BCUT2D eigenvalue weighted by atomic mass is 16.5. The van der Waals surface area contributed by atoms with Crippen molar-refractivity contribution < 1.29 is 23.9 Å². The number of methoxy groups -OCH3 is 1. The van der Waals surface area contributed by atoms with Gasteiger partial charge in [0.2, 0.25) is 5.91 Å². The SMILES string of the molecule is COC(=O)c1ccc(N2CCCC2)c(NC(=O)CCN2C(=O)c3ccccc3C2=O)c1. The minimum absolute atomic E-state index is 0.0199. The fourth-order valence-corrected chi connectivity index (χ4v) is 3.98. The van der Waals surface area contributed by atoms with Crippen molar-refractivity contribution in [1.29, 1.82) is 0 Å². The third-order valence-electron chi connectivity index (χ3n) is 5.58. The lowest BCUT2D eigenvalue weighted by Gasteiger charge is -2.22. The standard InChI is InChI=1S/C23H23N3O5/c1-31-23(30)15-8-9-19(25-11-4-5-12-25)18(14-15)24-20(27)10-13-26-21(28)16-6-2-3-7-17(16)22(26)29/h2-3,6-9,14H,4-5,10-13H2,1H3,(H,24,27). The molecule has 0 saturated carbocycles. The second-order valence-corrected chi connectivity index (χ2v) is 7.52. The molecule has 0 unspecified atom stereocenters. The van der Waals surface area contributed by atoms with Gasteiger partial charge in [-0.15, -0.1) is 0 Å². The van der Waals surface area contributed by atoms with Crippen LogP contribution in [0.1, 0.15) is 50.3 Å². The molecule has 0 aromatic heterocycles. The molecule has 0 spiro atoms. The maximum atomic E-state index is 12.7. The first-order valence-corrected chi connectivity index (χ1v) is 10.2. The quantitative estimate of drug-likeness (QED) is 0.569. The van der Waals surface area contributed by atoms with Gasteiger partial charge in [-0.25, -0.2) is 4.79 Å². The van der Waals surface area contributed by atoms with Crippen LogP contribution in [0.4, 0.5) is 11.4 Å². The number of hydrogen-bond acceptors (Lipinski definition) is 6. The van der Waals surface area contributed by atoms with E-state index in [1.165, 1.54) is 7.11 Å². The van der Waals surface area contributed by atoms with E-state index in [1.54, 1.807) is 42.5 Å². The molecule has 8 nitrogen and oxygen atoms in total. The minimum atomic E-state index is -0.491. The van der Waals surface area contributed by atoms with Gasteiger partial charge in [-0.2, -0.15) is 0 Å². The number of amides is 3. The molecule has 2 aromatic carbocycles. The number of benzene rings is 2. The first-order valence-electron chi connectivity index (χ1n) is 10.2. The van der Waals surface area contributed by atoms with Gasteiger partial charge in [0.05, 0.1) is 35.2 Å². The van der Waals surface area contributed by atoms with Crippen molar-refractivity contribution in [3.8, 4) is 0 Å². The van der Waals surface area contributed by atoms with E-state index in [4.69, 9.17) is 4.74 Å². The summed E-state index contributed by atoms with van der Waals surface area (Å²) < 4.78 is 4.78. The molecule has 160 valence electrons. The van der Waals surface area contributed by atoms with E-state index in [1.807, 2.05) is 0 Å². The summed E-state index contributed by atoms with van der Waals surface area (Å²) in [6, 6.07) is 11.7. The Kier molecular flexibility index (Phi) is 5.70. The molecule has 3 amide bonds. The lowest BCUT2D eigenvalue weighted by Crippen LogP contribution is -2.33. The normalized spacial score (nSPS) is 15.3. The van der Waals surface area contributed by atoms with Gasteiger partial charge in [0.25, 0.3) is 11.8 Å². The Bertz CT molecular complexity index is 1020. The zero-order valence-electron chi connectivity index (χ0n) is 17.2. The summed E-state index contributed by atoms with van der Waals surface area (Å²) in [6.45, 7) is 1.72. The van der Waals surface area contributed by atoms with Gasteiger partial charge in [-0.3, -0.25) is 19.3 Å². The van der Waals surface area contributed by atoms with Gasteiger partial charge in [0, 0.05) is 26.1 Å². The van der Waals surface area contributed by atoms with Crippen LogP contribution < -0.4 is 10.2 Å². The molecule has 2 aliphatic rings. The molecule has 2 aromatic rings. The molecular formula is C23H23N3O5. The van der Waals surface area contributed by atoms with E-state index in [9.17, 15) is 19.2 Å². The molecule has 2 heterocycles. The predicted octanol–water partition coefficient (Wildman–Crippen LogP) is 2.70. The Morgan fingerprint density at radius 3 is 2.26 bits per heavy atom. The Labute approximate surface area is 179 Å². The summed E-state index contributed by atoms with van der Waals surface area (Å²) in [4.78, 5) is 52.8. The first kappa shape index (κ1) is 20.6. The molecule has 8 heteroatoms. The summed E-state index contributed by atoms with van der Waals surface area (Å²) in [5, 5.41) is 2.84. The molecule has 1 saturated heterocycles. The number of rotatable bonds is 6. The highest BCUT2D eigenvalue weighted by molar-refractivity contribution is 6.21. The Morgan fingerprint density at radius 2 is 1.65 bits per heavy atom. The van der Waals surface area contributed by atoms with E-state index in [0.29, 0.717) is 22.4 Å². The third kappa shape index (κ3) is 4.01. The average Bonchev–Trinajstić information content (AvgIpc) is 3.40. The highest BCUT2D eigenvalue weighted by Crippen LogP contribution is 2.30. The van der Waals surface area contributed by atoms with Crippen LogP contribution in [-0.4, -0.2) is 55.3 Å². The number of ether oxygens (including phenoxy) is 1. The van der Waals surface area contributed by atoms with Gasteiger partial charge in [-0.05, 0) is 43.2 Å². The lowest BCUT2D eigenvalue weighted by molar-refractivity contribution is -0.116. The van der Waals surface area contributed by atoms with Crippen molar-refractivity contribution in [2.24, 2.45) is 0 Å². The van der Waals surface area contributed by atoms with E-state index in [0.717, 1.165) is 36.5 Å². The second kappa shape index (κ2) is 8.59. The number of nitrogens with zero attached hydrogens (tertiary/aromatic N) is 2. The van der Waals surface area contributed by atoms with E-state index in [2.05, 4.69) is 10.2 Å². The van der Waals surface area contributed by atoms with Gasteiger partial charge in [-0.1, -0.05) is 12.1 Å². The van der Waals surface area contributed by atoms with Gasteiger partial charge in [0.1, 0.15) is 0 Å². The fraction of sp³-hybridized carbons (Fsp3) is 0.304. The molecule has 2 aliphatic heterocycles. The number of hydrogen-bond donors (Lipinski definition) is 1. The van der Waals surface area contributed by atoms with Crippen LogP contribution in [0, 0.1) is 0 Å². The maximum Gasteiger partial charge on any atom is 0.337 e. The number of esters is 1. The van der Waals surface area contributed by atoms with Crippen LogP contribution in [0.15, 0.2) is 42.5 Å². The molecule has 0 aliphatic carbocycles. The Balaban J connectivity index is 1.47. The number of fused-ring (bicyclic) bond motifs is 1. The van der Waals surface area contributed by atoms with Crippen molar-refractivity contribution in [2.75, 3.05) is 37.0 Å². The van der Waals surface area contributed by atoms with E-state index < -0.39 is 5.97 Å². The van der Waals surface area contributed by atoms with Crippen molar-refractivity contribution in [2.45, 2.75) is 19.3 Å². The molecule has 0 bridgehead atoms. The zero-order valence-corrected chi connectivity index (χ0v) is 17.2. The summed E-state index contributed by atoms with van der Waals surface area (Å²) >= 11 is 0. The fourth-order valence-electron chi connectivity index (χ4n) is 3.98. The molecule has 1 N–H and O–H groups in total. The summed E-state index contributed by atoms with van der Waals surface area (Å²) in [5.41, 5.74) is 2.39. The van der Waals surface area contributed by atoms with Gasteiger partial charge >= 0.3 is 5.97 Å². The highest BCUT2D eigenvalue weighted by Gasteiger charge is 2.35. The van der Waals surface area contributed by atoms with E-state index in [-0.39, 0.29) is 30.7 Å².